The number of phenols is 1. The van der Waals surface area contributed by atoms with Gasteiger partial charge in [0, 0.05) is 11.1 Å². The average Bonchev–Trinajstić information content (AvgIpc) is 2.68. The highest BCUT2D eigenvalue weighted by atomic mass is 16.5. The number of esters is 1. The minimum absolute atomic E-state index is 0.00766. The van der Waals surface area contributed by atoms with Gasteiger partial charge in [-0.2, -0.15) is 5.26 Å². The molecular formula is C21H16N2O4. The molecule has 0 heterocycles. The Kier molecular flexibility index (Phi) is 5.04. The van der Waals surface area contributed by atoms with Crippen molar-refractivity contribution in [2.24, 2.45) is 0 Å². The van der Waals surface area contributed by atoms with Gasteiger partial charge in [-0.15, -0.1) is 0 Å². The molecule has 1 amide bonds. The molecule has 134 valence electrons. The fourth-order valence-electron chi connectivity index (χ4n) is 2.57. The minimum atomic E-state index is -1.07. The van der Waals surface area contributed by atoms with Gasteiger partial charge in [-0.3, -0.25) is 4.79 Å². The molecule has 0 fully saturated rings. The van der Waals surface area contributed by atoms with Crippen LogP contribution in [0.5, 0.6) is 5.75 Å². The quantitative estimate of drug-likeness (QED) is 0.693. The first-order valence-corrected chi connectivity index (χ1v) is 8.22. The standard InChI is InChI=1S/C21H16N2O4/c1-13(20(25)23-16-9-6-14(12-22)7-10-16)27-21(26)18-11-8-15-4-2-3-5-17(15)19(18)24/h2-11,13,24H,1H3,(H,23,25)/t13-/m0/s1. The monoisotopic (exact) mass is 360 g/mol. The number of anilines is 1. The number of nitrogens with one attached hydrogen (secondary N) is 1. The molecule has 0 unspecified atom stereocenters. The topological polar surface area (TPSA) is 99.4 Å². The Labute approximate surface area is 155 Å². The van der Waals surface area contributed by atoms with E-state index in [2.05, 4.69) is 5.32 Å². The van der Waals surface area contributed by atoms with Crippen LogP contribution in [0.25, 0.3) is 10.8 Å². The number of carbonyl (C=O) groups excluding carboxylic acids is 2. The van der Waals surface area contributed by atoms with Gasteiger partial charge in [0.2, 0.25) is 0 Å². The third-order valence-corrected chi connectivity index (χ3v) is 4.06. The van der Waals surface area contributed by atoms with Crippen molar-refractivity contribution in [1.29, 1.82) is 5.26 Å². The average molecular weight is 360 g/mol. The normalized spacial score (nSPS) is 11.4. The number of nitriles is 1. The van der Waals surface area contributed by atoms with Crippen LogP contribution in [-0.2, 0) is 9.53 Å². The highest BCUT2D eigenvalue weighted by Crippen LogP contribution is 2.29. The number of ether oxygens (including phenoxy) is 1. The largest absolute Gasteiger partial charge is 0.506 e. The summed E-state index contributed by atoms with van der Waals surface area (Å²) < 4.78 is 5.18. The summed E-state index contributed by atoms with van der Waals surface area (Å²) in [5, 5.41) is 23.0. The van der Waals surface area contributed by atoms with Gasteiger partial charge in [0.05, 0.1) is 11.6 Å². The molecule has 3 aromatic carbocycles. The summed E-state index contributed by atoms with van der Waals surface area (Å²) in [7, 11) is 0. The highest BCUT2D eigenvalue weighted by molar-refractivity contribution is 6.02. The van der Waals surface area contributed by atoms with Crippen molar-refractivity contribution in [3.63, 3.8) is 0 Å². The molecular weight excluding hydrogens is 344 g/mol. The van der Waals surface area contributed by atoms with Crippen molar-refractivity contribution < 1.29 is 19.4 Å². The van der Waals surface area contributed by atoms with Gasteiger partial charge in [0.25, 0.3) is 5.91 Å². The molecule has 3 aromatic rings. The number of amides is 1. The van der Waals surface area contributed by atoms with Gasteiger partial charge in [0.1, 0.15) is 11.3 Å². The zero-order valence-electron chi connectivity index (χ0n) is 14.5. The van der Waals surface area contributed by atoms with E-state index < -0.39 is 18.0 Å². The van der Waals surface area contributed by atoms with Crippen LogP contribution in [0.3, 0.4) is 0 Å². The van der Waals surface area contributed by atoms with E-state index in [9.17, 15) is 14.7 Å². The van der Waals surface area contributed by atoms with E-state index in [1.54, 1.807) is 42.5 Å². The van der Waals surface area contributed by atoms with Crippen molar-refractivity contribution in [3.05, 3.63) is 71.8 Å². The molecule has 0 spiro atoms. The first-order valence-electron chi connectivity index (χ1n) is 8.22. The number of rotatable bonds is 4. The Morgan fingerprint density at radius 2 is 1.78 bits per heavy atom. The predicted octanol–water partition coefficient (Wildman–Crippen LogP) is 3.60. The maximum absolute atomic E-state index is 12.4. The number of nitrogens with zero attached hydrogens (tertiary/aromatic N) is 1. The summed E-state index contributed by atoms with van der Waals surface area (Å²) in [6.45, 7) is 1.44. The molecule has 0 saturated carbocycles. The van der Waals surface area contributed by atoms with E-state index in [-0.39, 0.29) is 11.3 Å². The molecule has 3 rings (SSSR count). The summed E-state index contributed by atoms with van der Waals surface area (Å²) in [6.07, 6.45) is -1.07. The SMILES string of the molecule is C[C@H](OC(=O)c1ccc2ccccc2c1O)C(=O)Nc1ccc(C#N)cc1. The van der Waals surface area contributed by atoms with Gasteiger partial charge >= 0.3 is 5.97 Å². The van der Waals surface area contributed by atoms with Crippen molar-refractivity contribution in [1.82, 2.24) is 0 Å². The summed E-state index contributed by atoms with van der Waals surface area (Å²) in [6, 6.07) is 18.6. The number of fused-ring (bicyclic) bond motifs is 1. The van der Waals surface area contributed by atoms with Crippen LogP contribution in [0.1, 0.15) is 22.8 Å². The van der Waals surface area contributed by atoms with Crippen LogP contribution in [-0.4, -0.2) is 23.1 Å². The molecule has 27 heavy (non-hydrogen) atoms. The molecule has 0 bridgehead atoms. The predicted molar refractivity (Wildman–Crippen MR) is 100 cm³/mol. The van der Waals surface area contributed by atoms with Crippen LogP contribution < -0.4 is 5.32 Å². The number of aromatic hydroxyl groups is 1. The van der Waals surface area contributed by atoms with Crippen LogP contribution in [0.4, 0.5) is 5.69 Å². The lowest BCUT2D eigenvalue weighted by molar-refractivity contribution is -0.123. The van der Waals surface area contributed by atoms with Crippen LogP contribution in [0.15, 0.2) is 60.7 Å². The highest BCUT2D eigenvalue weighted by Gasteiger charge is 2.22. The number of carbonyl (C=O) groups is 2. The zero-order chi connectivity index (χ0) is 19.4. The Bertz CT molecular complexity index is 1050. The lowest BCUT2D eigenvalue weighted by Crippen LogP contribution is -2.30. The van der Waals surface area contributed by atoms with Gasteiger partial charge < -0.3 is 15.2 Å². The zero-order valence-corrected chi connectivity index (χ0v) is 14.5. The molecule has 0 aliphatic carbocycles. The molecule has 0 radical (unpaired) electrons. The Morgan fingerprint density at radius 3 is 2.48 bits per heavy atom. The maximum Gasteiger partial charge on any atom is 0.342 e. The van der Waals surface area contributed by atoms with Gasteiger partial charge in [-0.05, 0) is 42.6 Å². The number of hydrogen-bond donors (Lipinski definition) is 2. The Morgan fingerprint density at radius 1 is 1.07 bits per heavy atom. The second-order valence-corrected chi connectivity index (χ2v) is 5.91. The van der Waals surface area contributed by atoms with Crippen LogP contribution >= 0.6 is 0 Å². The van der Waals surface area contributed by atoms with Gasteiger partial charge in [0.15, 0.2) is 6.10 Å². The first kappa shape index (κ1) is 18.0. The summed E-state index contributed by atoms with van der Waals surface area (Å²) >= 11 is 0. The Hall–Kier alpha value is -3.85. The Balaban J connectivity index is 1.70. The van der Waals surface area contributed by atoms with E-state index in [1.165, 1.54) is 13.0 Å². The van der Waals surface area contributed by atoms with E-state index in [0.717, 1.165) is 5.39 Å². The van der Waals surface area contributed by atoms with Crippen LogP contribution in [0.2, 0.25) is 0 Å². The summed E-state index contributed by atoms with van der Waals surface area (Å²) in [4.78, 5) is 24.6. The molecule has 0 aliphatic rings. The van der Waals surface area contributed by atoms with Gasteiger partial charge in [-0.25, -0.2) is 4.79 Å². The van der Waals surface area contributed by atoms with Crippen LogP contribution in [0, 0.1) is 11.3 Å². The molecule has 0 saturated heterocycles. The summed E-state index contributed by atoms with van der Waals surface area (Å²) in [5.41, 5.74) is 0.946. The molecule has 1 atom stereocenters. The van der Waals surface area contributed by atoms with Crippen molar-refractivity contribution in [2.75, 3.05) is 5.32 Å². The van der Waals surface area contributed by atoms with Gasteiger partial charge in [-0.1, -0.05) is 30.3 Å². The number of hydrogen-bond acceptors (Lipinski definition) is 5. The lowest BCUT2D eigenvalue weighted by atomic mass is 10.1. The molecule has 6 heteroatoms. The third kappa shape index (κ3) is 3.88. The number of benzene rings is 3. The van der Waals surface area contributed by atoms with Crippen molar-refractivity contribution in [2.45, 2.75) is 13.0 Å². The second-order valence-electron chi connectivity index (χ2n) is 5.91. The fraction of sp³-hybridized carbons (Fsp3) is 0.0952. The minimum Gasteiger partial charge on any atom is -0.506 e. The van der Waals surface area contributed by atoms with E-state index in [1.807, 2.05) is 18.2 Å². The smallest absolute Gasteiger partial charge is 0.342 e. The first-order chi connectivity index (χ1) is 13.0. The molecule has 0 aromatic heterocycles. The van der Waals surface area contributed by atoms with E-state index >= 15 is 0 Å². The maximum atomic E-state index is 12.4. The third-order valence-electron chi connectivity index (χ3n) is 4.06. The van der Waals surface area contributed by atoms with Crippen molar-refractivity contribution in [3.8, 4) is 11.8 Å². The molecule has 0 aliphatic heterocycles. The van der Waals surface area contributed by atoms with Crippen molar-refractivity contribution >= 4 is 28.3 Å². The summed E-state index contributed by atoms with van der Waals surface area (Å²) in [5.74, 6) is -1.49. The van der Waals surface area contributed by atoms with E-state index in [0.29, 0.717) is 16.6 Å². The molecule has 6 nitrogen and oxygen atoms in total. The number of phenolic OH excluding ortho intramolecular Hbond substituents is 1. The molecule has 2 N–H and O–H groups in total. The fourth-order valence-corrected chi connectivity index (χ4v) is 2.57. The second kappa shape index (κ2) is 7.58. The lowest BCUT2D eigenvalue weighted by Gasteiger charge is -2.14. The van der Waals surface area contributed by atoms with E-state index in [4.69, 9.17) is 10.00 Å².